The molecule has 6 heteroatoms. The first kappa shape index (κ1) is 19.8. The van der Waals surface area contributed by atoms with E-state index in [2.05, 4.69) is 14.9 Å². The van der Waals surface area contributed by atoms with Crippen LogP contribution in [0.4, 0.5) is 0 Å². The SMILES string of the molecule is Cc1cc(/C=C(\C#N)C(=O)NC(C)c2cccnc2)c(C)n1CC1CCCO1. The van der Waals surface area contributed by atoms with Crippen molar-refractivity contribution in [3.05, 3.63) is 58.7 Å². The summed E-state index contributed by atoms with van der Waals surface area (Å²) < 4.78 is 7.95. The number of amides is 1. The number of nitriles is 1. The van der Waals surface area contributed by atoms with E-state index in [4.69, 9.17) is 4.74 Å². The van der Waals surface area contributed by atoms with Crippen LogP contribution in [0, 0.1) is 25.2 Å². The van der Waals surface area contributed by atoms with Crippen molar-refractivity contribution < 1.29 is 9.53 Å². The Kier molecular flexibility index (Phi) is 6.27. The predicted molar refractivity (Wildman–Crippen MR) is 107 cm³/mol. The van der Waals surface area contributed by atoms with Crippen LogP contribution in [0.5, 0.6) is 0 Å². The van der Waals surface area contributed by atoms with Gasteiger partial charge in [0.15, 0.2) is 0 Å². The summed E-state index contributed by atoms with van der Waals surface area (Å²) in [4.78, 5) is 16.7. The van der Waals surface area contributed by atoms with E-state index in [1.165, 1.54) is 0 Å². The molecule has 6 nitrogen and oxygen atoms in total. The molecule has 3 heterocycles. The van der Waals surface area contributed by atoms with Gasteiger partial charge in [0.25, 0.3) is 5.91 Å². The van der Waals surface area contributed by atoms with Gasteiger partial charge in [-0.05, 0) is 62.9 Å². The summed E-state index contributed by atoms with van der Waals surface area (Å²) in [6, 6.07) is 7.53. The summed E-state index contributed by atoms with van der Waals surface area (Å²) in [6.45, 7) is 7.55. The average molecular weight is 378 g/mol. The summed E-state index contributed by atoms with van der Waals surface area (Å²) >= 11 is 0. The zero-order valence-corrected chi connectivity index (χ0v) is 16.6. The number of ether oxygens (including phenoxy) is 1. The van der Waals surface area contributed by atoms with Crippen LogP contribution in [-0.2, 0) is 16.1 Å². The van der Waals surface area contributed by atoms with E-state index in [1.807, 2.05) is 45.0 Å². The Bertz CT molecular complexity index is 903. The number of nitrogens with one attached hydrogen (secondary N) is 1. The van der Waals surface area contributed by atoms with Crippen molar-refractivity contribution in [2.24, 2.45) is 0 Å². The Morgan fingerprint density at radius 2 is 2.36 bits per heavy atom. The van der Waals surface area contributed by atoms with Gasteiger partial charge in [-0.1, -0.05) is 6.07 Å². The topological polar surface area (TPSA) is 79.9 Å². The first-order valence-corrected chi connectivity index (χ1v) is 9.60. The number of rotatable bonds is 6. The third kappa shape index (κ3) is 4.49. The van der Waals surface area contributed by atoms with Crippen molar-refractivity contribution in [2.75, 3.05) is 6.61 Å². The van der Waals surface area contributed by atoms with Gasteiger partial charge in [0.1, 0.15) is 11.6 Å². The van der Waals surface area contributed by atoms with Crippen LogP contribution in [0.25, 0.3) is 6.08 Å². The summed E-state index contributed by atoms with van der Waals surface area (Å²) in [7, 11) is 0. The molecule has 0 aliphatic carbocycles. The molecule has 1 saturated heterocycles. The zero-order chi connectivity index (χ0) is 20.1. The fourth-order valence-electron chi connectivity index (χ4n) is 3.54. The van der Waals surface area contributed by atoms with Gasteiger partial charge in [-0.2, -0.15) is 5.26 Å². The summed E-state index contributed by atoms with van der Waals surface area (Å²) in [5, 5.41) is 12.4. The van der Waals surface area contributed by atoms with Crippen LogP contribution in [0.1, 0.15) is 48.3 Å². The standard InChI is InChI=1S/C22H26N4O2/c1-15-10-19(17(3)26(15)14-21-7-5-9-28-21)11-20(12-23)22(27)25-16(2)18-6-4-8-24-13-18/h4,6,8,10-11,13,16,21H,5,7,9,14H2,1-3H3,(H,25,27)/b20-11+. The molecule has 2 unspecified atom stereocenters. The van der Waals surface area contributed by atoms with Gasteiger partial charge in [0.05, 0.1) is 12.1 Å². The fourth-order valence-corrected chi connectivity index (χ4v) is 3.54. The first-order valence-electron chi connectivity index (χ1n) is 9.60. The number of hydrogen-bond acceptors (Lipinski definition) is 4. The molecule has 1 fully saturated rings. The van der Waals surface area contributed by atoms with E-state index in [9.17, 15) is 10.1 Å². The number of pyridine rings is 1. The van der Waals surface area contributed by atoms with E-state index in [1.54, 1.807) is 18.5 Å². The normalized spacial score (nSPS) is 17.9. The molecule has 146 valence electrons. The minimum atomic E-state index is -0.386. The van der Waals surface area contributed by atoms with Gasteiger partial charge >= 0.3 is 0 Å². The maximum absolute atomic E-state index is 12.6. The quantitative estimate of drug-likeness (QED) is 0.617. The Balaban J connectivity index is 1.76. The van der Waals surface area contributed by atoms with E-state index in [0.717, 1.165) is 48.5 Å². The second-order valence-electron chi connectivity index (χ2n) is 7.22. The van der Waals surface area contributed by atoms with Crippen molar-refractivity contribution in [3.8, 4) is 6.07 Å². The predicted octanol–water partition coefficient (Wildman–Crippen LogP) is 3.46. The highest BCUT2D eigenvalue weighted by atomic mass is 16.5. The summed E-state index contributed by atoms with van der Waals surface area (Å²) in [5.74, 6) is -0.386. The molecule has 0 radical (unpaired) electrons. The number of carbonyl (C=O) groups excluding carboxylic acids is 1. The lowest BCUT2D eigenvalue weighted by Crippen LogP contribution is -2.27. The van der Waals surface area contributed by atoms with E-state index in [-0.39, 0.29) is 23.6 Å². The molecule has 1 amide bonds. The molecule has 0 aromatic carbocycles. The number of hydrogen-bond donors (Lipinski definition) is 1. The monoisotopic (exact) mass is 378 g/mol. The first-order chi connectivity index (χ1) is 13.5. The molecule has 0 bridgehead atoms. The molecule has 1 aliphatic rings. The molecule has 2 aromatic heterocycles. The van der Waals surface area contributed by atoms with Gasteiger partial charge in [-0.25, -0.2) is 0 Å². The minimum Gasteiger partial charge on any atom is -0.376 e. The molecule has 2 aromatic rings. The van der Waals surface area contributed by atoms with Crippen LogP contribution in [-0.4, -0.2) is 28.2 Å². The van der Waals surface area contributed by atoms with Gasteiger partial charge in [-0.15, -0.1) is 0 Å². The van der Waals surface area contributed by atoms with Crippen LogP contribution >= 0.6 is 0 Å². The minimum absolute atomic E-state index is 0.0908. The largest absolute Gasteiger partial charge is 0.376 e. The Labute approximate surface area is 165 Å². The highest BCUT2D eigenvalue weighted by Gasteiger charge is 2.19. The fraction of sp³-hybridized carbons (Fsp3) is 0.409. The molecule has 2 atom stereocenters. The van der Waals surface area contributed by atoms with Gasteiger partial charge in [0.2, 0.25) is 0 Å². The Morgan fingerprint density at radius 1 is 1.54 bits per heavy atom. The second-order valence-corrected chi connectivity index (χ2v) is 7.22. The van der Waals surface area contributed by atoms with Crippen LogP contribution in [0.2, 0.25) is 0 Å². The third-order valence-corrected chi connectivity index (χ3v) is 5.22. The maximum Gasteiger partial charge on any atom is 0.262 e. The van der Waals surface area contributed by atoms with Crippen molar-refractivity contribution in [1.29, 1.82) is 5.26 Å². The maximum atomic E-state index is 12.6. The van der Waals surface area contributed by atoms with Crippen molar-refractivity contribution in [2.45, 2.75) is 52.3 Å². The number of nitrogens with zero attached hydrogens (tertiary/aromatic N) is 3. The number of aryl methyl sites for hydroxylation is 1. The van der Waals surface area contributed by atoms with E-state index < -0.39 is 0 Å². The molecular weight excluding hydrogens is 352 g/mol. The van der Waals surface area contributed by atoms with Crippen LogP contribution in [0.15, 0.2) is 36.2 Å². The molecule has 0 saturated carbocycles. The van der Waals surface area contributed by atoms with Crippen molar-refractivity contribution in [1.82, 2.24) is 14.9 Å². The number of aromatic nitrogens is 2. The lowest BCUT2D eigenvalue weighted by molar-refractivity contribution is -0.117. The van der Waals surface area contributed by atoms with Gasteiger partial charge < -0.3 is 14.6 Å². The summed E-state index contributed by atoms with van der Waals surface area (Å²) in [5.41, 5.74) is 4.00. The Hall–Kier alpha value is -2.91. The molecule has 1 aliphatic heterocycles. The van der Waals surface area contributed by atoms with E-state index >= 15 is 0 Å². The molecular formula is C22H26N4O2. The average Bonchev–Trinajstić information content (AvgIpc) is 3.30. The highest BCUT2D eigenvalue weighted by molar-refractivity contribution is 6.02. The lowest BCUT2D eigenvalue weighted by Gasteiger charge is -2.15. The Morgan fingerprint density at radius 3 is 3.00 bits per heavy atom. The van der Waals surface area contributed by atoms with Crippen molar-refractivity contribution in [3.63, 3.8) is 0 Å². The highest BCUT2D eigenvalue weighted by Crippen LogP contribution is 2.22. The molecule has 0 spiro atoms. The smallest absolute Gasteiger partial charge is 0.262 e. The van der Waals surface area contributed by atoms with Gasteiger partial charge in [-0.3, -0.25) is 9.78 Å². The second kappa shape index (κ2) is 8.85. The number of carbonyl (C=O) groups is 1. The lowest BCUT2D eigenvalue weighted by atomic mass is 10.1. The molecule has 28 heavy (non-hydrogen) atoms. The van der Waals surface area contributed by atoms with E-state index in [0.29, 0.717) is 0 Å². The summed E-state index contributed by atoms with van der Waals surface area (Å²) in [6.07, 6.45) is 7.47. The van der Waals surface area contributed by atoms with Crippen LogP contribution < -0.4 is 5.32 Å². The third-order valence-electron chi connectivity index (χ3n) is 5.22. The van der Waals surface area contributed by atoms with Crippen molar-refractivity contribution >= 4 is 12.0 Å². The molecule has 3 rings (SSSR count). The van der Waals surface area contributed by atoms with Crippen LogP contribution in [0.3, 0.4) is 0 Å². The molecule has 1 N–H and O–H groups in total. The van der Waals surface area contributed by atoms with Gasteiger partial charge in [0, 0.05) is 36.9 Å². The zero-order valence-electron chi connectivity index (χ0n) is 16.6.